The third-order valence-electron chi connectivity index (χ3n) is 1.36. The predicted molar refractivity (Wildman–Crippen MR) is 53.5 cm³/mol. The molecule has 0 atom stereocenters. The maximum Gasteiger partial charge on any atom is 0.0437 e. The van der Waals surface area contributed by atoms with Crippen molar-refractivity contribution in [1.29, 1.82) is 0 Å². The van der Waals surface area contributed by atoms with Gasteiger partial charge in [0, 0.05) is 29.3 Å². The highest BCUT2D eigenvalue weighted by Gasteiger charge is 1.98. The summed E-state index contributed by atoms with van der Waals surface area (Å²) in [6.07, 6.45) is 0. The third-order valence-corrected chi connectivity index (χ3v) is 2.04. The Balaban J connectivity index is 3.08. The number of anilines is 1. The zero-order chi connectivity index (χ0) is 8.43. The second-order valence-corrected chi connectivity index (χ2v) is 3.87. The molecule has 0 radical (unpaired) electrons. The summed E-state index contributed by atoms with van der Waals surface area (Å²) in [5.74, 6) is 0. The van der Waals surface area contributed by atoms with Crippen LogP contribution in [-0.2, 0) is 0 Å². The van der Waals surface area contributed by atoms with Gasteiger partial charge in [0.2, 0.25) is 0 Å². The summed E-state index contributed by atoms with van der Waals surface area (Å²) in [6, 6.07) is 5.81. The van der Waals surface area contributed by atoms with E-state index in [1.165, 1.54) is 0 Å². The molecule has 0 N–H and O–H groups in total. The van der Waals surface area contributed by atoms with E-state index in [1.807, 2.05) is 37.2 Å². The van der Waals surface area contributed by atoms with E-state index in [4.69, 9.17) is 11.6 Å². The van der Waals surface area contributed by atoms with Crippen LogP contribution in [0.5, 0.6) is 0 Å². The van der Waals surface area contributed by atoms with E-state index in [0.29, 0.717) is 0 Å². The Labute approximate surface area is 80.1 Å². The Hall–Kier alpha value is -0.210. The largest absolute Gasteiger partial charge is 0.378 e. The van der Waals surface area contributed by atoms with Crippen LogP contribution in [0.3, 0.4) is 0 Å². The number of hydrogen-bond donors (Lipinski definition) is 0. The van der Waals surface area contributed by atoms with E-state index >= 15 is 0 Å². The topological polar surface area (TPSA) is 3.24 Å². The van der Waals surface area contributed by atoms with E-state index < -0.39 is 0 Å². The summed E-state index contributed by atoms with van der Waals surface area (Å²) in [7, 11) is 3.97. The number of rotatable bonds is 1. The van der Waals surface area contributed by atoms with Gasteiger partial charge >= 0.3 is 0 Å². The molecule has 1 nitrogen and oxygen atoms in total. The zero-order valence-electron chi connectivity index (χ0n) is 6.44. The van der Waals surface area contributed by atoms with Gasteiger partial charge in [-0.2, -0.15) is 0 Å². The highest BCUT2D eigenvalue weighted by molar-refractivity contribution is 9.10. The van der Waals surface area contributed by atoms with Crippen molar-refractivity contribution in [1.82, 2.24) is 0 Å². The van der Waals surface area contributed by atoms with Gasteiger partial charge in [-0.05, 0) is 18.2 Å². The molecular weight excluding hydrogens is 225 g/mol. The molecule has 0 aliphatic heterocycles. The highest BCUT2D eigenvalue weighted by atomic mass is 79.9. The van der Waals surface area contributed by atoms with Crippen LogP contribution in [-0.4, -0.2) is 14.1 Å². The first-order valence-electron chi connectivity index (χ1n) is 3.23. The first-order chi connectivity index (χ1) is 5.09. The number of nitrogens with zero attached hydrogens (tertiary/aromatic N) is 1. The van der Waals surface area contributed by atoms with Gasteiger partial charge in [-0.25, -0.2) is 0 Å². The minimum atomic E-state index is 0.753. The van der Waals surface area contributed by atoms with Crippen LogP contribution in [0.1, 0.15) is 0 Å². The van der Waals surface area contributed by atoms with Crippen LogP contribution in [0.2, 0.25) is 5.02 Å². The Morgan fingerprint density at radius 1 is 1.27 bits per heavy atom. The van der Waals surface area contributed by atoms with Gasteiger partial charge in [0.05, 0.1) is 0 Å². The van der Waals surface area contributed by atoms with Crippen molar-refractivity contribution in [2.45, 2.75) is 0 Å². The van der Waals surface area contributed by atoms with Crippen molar-refractivity contribution < 1.29 is 0 Å². The average Bonchev–Trinajstić information content (AvgIpc) is 1.85. The molecule has 0 bridgehead atoms. The smallest absolute Gasteiger partial charge is 0.0437 e. The lowest BCUT2D eigenvalue weighted by molar-refractivity contribution is 1.13. The van der Waals surface area contributed by atoms with Gasteiger partial charge < -0.3 is 4.90 Å². The van der Waals surface area contributed by atoms with Crippen LogP contribution >= 0.6 is 27.5 Å². The standard InChI is InChI=1S/C8H9BrClN/c1-11(2)8-4-6(9)3-7(10)5-8/h3-5H,1-2H3. The molecule has 3 heteroatoms. The van der Waals surface area contributed by atoms with Crippen LogP contribution in [0.4, 0.5) is 5.69 Å². The Morgan fingerprint density at radius 2 is 1.91 bits per heavy atom. The summed E-state index contributed by atoms with van der Waals surface area (Å²) in [6.45, 7) is 0. The van der Waals surface area contributed by atoms with Gasteiger partial charge in [-0.3, -0.25) is 0 Å². The molecule has 0 saturated carbocycles. The molecule has 0 aliphatic rings. The fraction of sp³-hybridized carbons (Fsp3) is 0.250. The molecule has 1 aromatic carbocycles. The van der Waals surface area contributed by atoms with Crippen LogP contribution in [0.25, 0.3) is 0 Å². The molecule has 0 unspecified atom stereocenters. The molecule has 0 saturated heterocycles. The van der Waals surface area contributed by atoms with Crippen molar-refractivity contribution in [2.75, 3.05) is 19.0 Å². The Kier molecular flexibility index (Phi) is 2.79. The maximum absolute atomic E-state index is 5.84. The van der Waals surface area contributed by atoms with E-state index in [9.17, 15) is 0 Å². The van der Waals surface area contributed by atoms with Crippen molar-refractivity contribution >= 4 is 33.2 Å². The average molecular weight is 235 g/mol. The number of benzene rings is 1. The molecule has 0 aliphatic carbocycles. The maximum atomic E-state index is 5.84. The van der Waals surface area contributed by atoms with Crippen LogP contribution in [0.15, 0.2) is 22.7 Å². The minimum Gasteiger partial charge on any atom is -0.378 e. The predicted octanol–water partition coefficient (Wildman–Crippen LogP) is 3.17. The SMILES string of the molecule is CN(C)c1cc(Cl)cc(Br)c1. The molecular formula is C8H9BrClN. The normalized spacial score (nSPS) is 9.82. The van der Waals surface area contributed by atoms with Gasteiger partial charge in [-0.15, -0.1) is 0 Å². The van der Waals surface area contributed by atoms with Crippen LogP contribution < -0.4 is 4.90 Å². The Morgan fingerprint density at radius 3 is 2.36 bits per heavy atom. The van der Waals surface area contributed by atoms with Gasteiger partial charge in [0.25, 0.3) is 0 Å². The second-order valence-electron chi connectivity index (χ2n) is 2.52. The van der Waals surface area contributed by atoms with Crippen molar-refractivity contribution in [3.05, 3.63) is 27.7 Å². The molecule has 1 aromatic rings. The number of halogens is 2. The molecule has 1 rings (SSSR count). The molecule has 0 fully saturated rings. The molecule has 0 aromatic heterocycles. The highest BCUT2D eigenvalue weighted by Crippen LogP contribution is 2.24. The molecule has 11 heavy (non-hydrogen) atoms. The van der Waals surface area contributed by atoms with Crippen molar-refractivity contribution in [3.63, 3.8) is 0 Å². The monoisotopic (exact) mass is 233 g/mol. The van der Waals surface area contributed by atoms with Gasteiger partial charge in [-0.1, -0.05) is 27.5 Å². The molecule has 60 valence electrons. The summed E-state index contributed by atoms with van der Waals surface area (Å²) in [5, 5.41) is 0.753. The summed E-state index contributed by atoms with van der Waals surface area (Å²) in [5.41, 5.74) is 1.10. The fourth-order valence-electron chi connectivity index (χ4n) is 0.797. The molecule has 0 spiro atoms. The van der Waals surface area contributed by atoms with E-state index in [-0.39, 0.29) is 0 Å². The van der Waals surface area contributed by atoms with Crippen LogP contribution in [0, 0.1) is 0 Å². The van der Waals surface area contributed by atoms with E-state index in [1.54, 1.807) is 0 Å². The Bertz CT molecular complexity index is 240. The lowest BCUT2D eigenvalue weighted by atomic mass is 10.3. The lowest BCUT2D eigenvalue weighted by Gasteiger charge is -2.12. The minimum absolute atomic E-state index is 0.753. The van der Waals surface area contributed by atoms with Crippen molar-refractivity contribution in [2.24, 2.45) is 0 Å². The third kappa shape index (κ3) is 2.38. The van der Waals surface area contributed by atoms with Gasteiger partial charge in [0.15, 0.2) is 0 Å². The summed E-state index contributed by atoms with van der Waals surface area (Å²) in [4.78, 5) is 2.01. The molecule has 0 amide bonds. The van der Waals surface area contributed by atoms with E-state index in [2.05, 4.69) is 15.9 Å². The first-order valence-corrected chi connectivity index (χ1v) is 4.40. The number of hydrogen-bond acceptors (Lipinski definition) is 1. The summed E-state index contributed by atoms with van der Waals surface area (Å²) < 4.78 is 1.01. The zero-order valence-corrected chi connectivity index (χ0v) is 8.78. The van der Waals surface area contributed by atoms with E-state index in [0.717, 1.165) is 15.2 Å². The molecule has 0 heterocycles. The lowest BCUT2D eigenvalue weighted by Crippen LogP contribution is -2.08. The van der Waals surface area contributed by atoms with Crippen molar-refractivity contribution in [3.8, 4) is 0 Å². The quantitative estimate of drug-likeness (QED) is 0.721. The van der Waals surface area contributed by atoms with Gasteiger partial charge in [0.1, 0.15) is 0 Å². The fourth-order valence-corrected chi connectivity index (χ4v) is 1.64. The second kappa shape index (κ2) is 3.46. The first kappa shape index (κ1) is 8.88. The summed E-state index contributed by atoms with van der Waals surface area (Å²) >= 11 is 9.21.